The molecule has 4 nitrogen and oxygen atoms in total. The standard InChI is InChI=1S/C14H16FN3O/c1-8-11(16)17-13(18-12(8)19)14(2,3)9-4-6-10(15)7-5-9/h4-7H,1-3H3,(H3,16,17,18,19). The molecule has 0 bridgehead atoms. The summed E-state index contributed by atoms with van der Waals surface area (Å²) in [5.41, 5.74) is 6.17. The van der Waals surface area contributed by atoms with Crippen LogP contribution in [0.15, 0.2) is 29.1 Å². The first-order valence-electron chi connectivity index (χ1n) is 5.95. The van der Waals surface area contributed by atoms with Crippen molar-refractivity contribution in [2.24, 2.45) is 0 Å². The number of rotatable bonds is 2. The predicted molar refractivity (Wildman–Crippen MR) is 72.5 cm³/mol. The fourth-order valence-electron chi connectivity index (χ4n) is 1.85. The van der Waals surface area contributed by atoms with Gasteiger partial charge in [0.05, 0.1) is 5.56 Å². The Hall–Kier alpha value is -2.17. The molecule has 0 saturated heterocycles. The normalized spacial score (nSPS) is 11.6. The van der Waals surface area contributed by atoms with E-state index in [1.54, 1.807) is 19.1 Å². The van der Waals surface area contributed by atoms with Crippen LogP contribution in [0.25, 0.3) is 0 Å². The van der Waals surface area contributed by atoms with Crippen molar-refractivity contribution < 1.29 is 4.39 Å². The monoisotopic (exact) mass is 261 g/mol. The second-order valence-electron chi connectivity index (χ2n) is 5.06. The molecule has 0 aliphatic carbocycles. The number of nitrogens with one attached hydrogen (secondary N) is 1. The van der Waals surface area contributed by atoms with Crippen molar-refractivity contribution in [1.29, 1.82) is 0 Å². The van der Waals surface area contributed by atoms with E-state index in [0.717, 1.165) is 5.56 Å². The number of nitrogens with zero attached hydrogens (tertiary/aromatic N) is 1. The minimum absolute atomic E-state index is 0.217. The van der Waals surface area contributed by atoms with Crippen LogP contribution in [-0.2, 0) is 5.41 Å². The molecular formula is C14H16FN3O. The Bertz CT molecular complexity index is 659. The smallest absolute Gasteiger partial charge is 0.255 e. The Balaban J connectivity index is 2.56. The van der Waals surface area contributed by atoms with Gasteiger partial charge < -0.3 is 10.7 Å². The lowest BCUT2D eigenvalue weighted by molar-refractivity contribution is 0.581. The number of benzene rings is 1. The first-order valence-corrected chi connectivity index (χ1v) is 5.95. The van der Waals surface area contributed by atoms with E-state index < -0.39 is 5.41 Å². The van der Waals surface area contributed by atoms with Crippen LogP contribution < -0.4 is 11.3 Å². The number of aromatic amines is 1. The summed E-state index contributed by atoms with van der Waals surface area (Å²) >= 11 is 0. The van der Waals surface area contributed by atoms with Gasteiger partial charge in [0, 0.05) is 5.41 Å². The van der Waals surface area contributed by atoms with E-state index in [9.17, 15) is 9.18 Å². The van der Waals surface area contributed by atoms with Gasteiger partial charge >= 0.3 is 0 Å². The molecule has 0 unspecified atom stereocenters. The maximum absolute atomic E-state index is 13.0. The van der Waals surface area contributed by atoms with Gasteiger partial charge in [-0.2, -0.15) is 0 Å². The van der Waals surface area contributed by atoms with E-state index in [1.165, 1.54) is 12.1 Å². The minimum Gasteiger partial charge on any atom is -0.383 e. The van der Waals surface area contributed by atoms with Gasteiger partial charge in [-0.25, -0.2) is 9.37 Å². The zero-order valence-electron chi connectivity index (χ0n) is 11.1. The van der Waals surface area contributed by atoms with Gasteiger partial charge in [-0.05, 0) is 38.5 Å². The molecule has 1 heterocycles. The Morgan fingerprint density at radius 1 is 1.26 bits per heavy atom. The number of nitrogen functional groups attached to an aromatic ring is 1. The molecular weight excluding hydrogens is 245 g/mol. The Morgan fingerprint density at radius 2 is 1.84 bits per heavy atom. The van der Waals surface area contributed by atoms with Gasteiger partial charge in [-0.3, -0.25) is 4.79 Å². The molecule has 0 radical (unpaired) electrons. The molecule has 2 aromatic rings. The molecule has 2 rings (SSSR count). The van der Waals surface area contributed by atoms with Gasteiger partial charge in [0.2, 0.25) is 0 Å². The summed E-state index contributed by atoms with van der Waals surface area (Å²) in [6, 6.07) is 6.11. The highest BCUT2D eigenvalue weighted by atomic mass is 19.1. The highest BCUT2D eigenvalue weighted by molar-refractivity contribution is 5.39. The molecule has 1 aromatic heterocycles. The van der Waals surface area contributed by atoms with E-state index in [2.05, 4.69) is 9.97 Å². The molecule has 0 aliphatic heterocycles. The number of anilines is 1. The van der Waals surface area contributed by atoms with Crippen LogP contribution in [0.5, 0.6) is 0 Å². The van der Waals surface area contributed by atoms with E-state index in [1.807, 2.05) is 13.8 Å². The fourth-order valence-corrected chi connectivity index (χ4v) is 1.85. The van der Waals surface area contributed by atoms with Crippen molar-refractivity contribution in [3.63, 3.8) is 0 Å². The van der Waals surface area contributed by atoms with Crippen molar-refractivity contribution in [2.45, 2.75) is 26.2 Å². The summed E-state index contributed by atoms with van der Waals surface area (Å²) in [5, 5.41) is 0. The molecule has 3 N–H and O–H groups in total. The van der Waals surface area contributed by atoms with E-state index in [0.29, 0.717) is 11.4 Å². The highest BCUT2D eigenvalue weighted by Gasteiger charge is 2.26. The topological polar surface area (TPSA) is 71.8 Å². The van der Waals surface area contributed by atoms with Gasteiger partial charge in [0.25, 0.3) is 5.56 Å². The van der Waals surface area contributed by atoms with E-state index in [4.69, 9.17) is 5.73 Å². The Morgan fingerprint density at radius 3 is 2.37 bits per heavy atom. The Kier molecular flexibility index (Phi) is 3.14. The summed E-state index contributed by atoms with van der Waals surface area (Å²) in [6.45, 7) is 5.41. The number of halogens is 1. The summed E-state index contributed by atoms with van der Waals surface area (Å²) in [4.78, 5) is 18.7. The lowest BCUT2D eigenvalue weighted by Crippen LogP contribution is -2.28. The second kappa shape index (κ2) is 4.50. The number of aromatic nitrogens is 2. The van der Waals surface area contributed by atoms with E-state index in [-0.39, 0.29) is 17.2 Å². The molecule has 0 amide bonds. The molecule has 1 aromatic carbocycles. The lowest BCUT2D eigenvalue weighted by atomic mass is 9.83. The SMILES string of the molecule is Cc1c(N)nc(C(C)(C)c2ccc(F)cc2)[nH]c1=O. The van der Waals surface area contributed by atoms with Crippen molar-refractivity contribution >= 4 is 5.82 Å². The van der Waals surface area contributed by atoms with Crippen LogP contribution in [0, 0.1) is 12.7 Å². The fraction of sp³-hybridized carbons (Fsp3) is 0.286. The third-order valence-electron chi connectivity index (χ3n) is 3.35. The molecule has 19 heavy (non-hydrogen) atoms. The lowest BCUT2D eigenvalue weighted by Gasteiger charge is -2.24. The van der Waals surface area contributed by atoms with Gasteiger partial charge in [0.1, 0.15) is 17.5 Å². The van der Waals surface area contributed by atoms with Gasteiger partial charge in [0.15, 0.2) is 0 Å². The molecule has 0 fully saturated rings. The van der Waals surface area contributed by atoms with Gasteiger partial charge in [-0.1, -0.05) is 12.1 Å². The predicted octanol–water partition coefficient (Wildman–Crippen LogP) is 2.13. The van der Waals surface area contributed by atoms with Crippen molar-refractivity contribution in [3.8, 4) is 0 Å². The molecule has 0 aliphatic rings. The molecule has 0 saturated carbocycles. The van der Waals surface area contributed by atoms with Crippen LogP contribution in [0.2, 0.25) is 0 Å². The van der Waals surface area contributed by atoms with Crippen molar-refractivity contribution in [2.75, 3.05) is 5.73 Å². The third-order valence-corrected chi connectivity index (χ3v) is 3.35. The summed E-state index contributed by atoms with van der Waals surface area (Å²) in [5.74, 6) is 0.380. The maximum Gasteiger partial charge on any atom is 0.255 e. The summed E-state index contributed by atoms with van der Waals surface area (Å²) in [7, 11) is 0. The molecule has 0 atom stereocenters. The number of hydrogen-bond acceptors (Lipinski definition) is 3. The number of nitrogens with two attached hydrogens (primary N) is 1. The van der Waals surface area contributed by atoms with Crippen LogP contribution in [0.4, 0.5) is 10.2 Å². The van der Waals surface area contributed by atoms with Gasteiger partial charge in [-0.15, -0.1) is 0 Å². The van der Waals surface area contributed by atoms with E-state index >= 15 is 0 Å². The zero-order chi connectivity index (χ0) is 14.2. The minimum atomic E-state index is -0.561. The maximum atomic E-state index is 13.0. The average molecular weight is 261 g/mol. The molecule has 5 heteroatoms. The Labute approximate surface area is 110 Å². The first kappa shape index (κ1) is 13.3. The number of hydrogen-bond donors (Lipinski definition) is 2. The number of H-pyrrole nitrogens is 1. The summed E-state index contributed by atoms with van der Waals surface area (Å²) in [6.07, 6.45) is 0. The highest BCUT2D eigenvalue weighted by Crippen LogP contribution is 2.28. The third kappa shape index (κ3) is 2.36. The van der Waals surface area contributed by atoms with Crippen LogP contribution in [0.3, 0.4) is 0 Å². The van der Waals surface area contributed by atoms with Crippen LogP contribution >= 0.6 is 0 Å². The van der Waals surface area contributed by atoms with Crippen LogP contribution in [-0.4, -0.2) is 9.97 Å². The summed E-state index contributed by atoms with van der Waals surface area (Å²) < 4.78 is 13.0. The largest absolute Gasteiger partial charge is 0.383 e. The molecule has 0 spiro atoms. The van der Waals surface area contributed by atoms with Crippen LogP contribution in [0.1, 0.15) is 30.8 Å². The average Bonchev–Trinajstić information content (AvgIpc) is 2.35. The quantitative estimate of drug-likeness (QED) is 0.869. The molecule has 100 valence electrons. The first-order chi connectivity index (χ1) is 8.82. The van der Waals surface area contributed by atoms with Crippen molar-refractivity contribution in [3.05, 3.63) is 57.4 Å². The second-order valence-corrected chi connectivity index (χ2v) is 5.06. The van der Waals surface area contributed by atoms with Crippen molar-refractivity contribution in [1.82, 2.24) is 9.97 Å². The zero-order valence-corrected chi connectivity index (χ0v) is 11.1.